The quantitative estimate of drug-likeness (QED) is 0.166. The molecule has 1 aliphatic carbocycles. The Bertz CT molecular complexity index is 1990. The highest BCUT2D eigenvalue weighted by atomic mass is 35.5. The summed E-state index contributed by atoms with van der Waals surface area (Å²) in [5.41, 5.74) is 9.99. The number of carbonyl (C=O) groups excluding carboxylic acids is 1. The number of methoxy groups -OCH3 is 1. The minimum absolute atomic E-state index is 0. The molecule has 4 N–H and O–H groups in total. The van der Waals surface area contributed by atoms with Crippen LogP contribution in [0.1, 0.15) is 56.5 Å². The van der Waals surface area contributed by atoms with Gasteiger partial charge in [-0.2, -0.15) is 4.98 Å². The molecule has 3 aromatic rings. The van der Waals surface area contributed by atoms with E-state index < -0.39 is 17.4 Å². The smallest absolute Gasteiger partial charge is 0.272 e. The Morgan fingerprint density at radius 3 is 2.63 bits per heavy atom. The molecule has 0 bridgehead atoms. The molecule has 2 aromatic carbocycles. The lowest BCUT2D eigenvalue weighted by Crippen LogP contribution is -2.34. The van der Waals surface area contributed by atoms with Gasteiger partial charge in [0.05, 0.1) is 29.2 Å². The average Bonchev–Trinajstić information content (AvgIpc) is 3.35. The van der Waals surface area contributed by atoms with Gasteiger partial charge in [-0.1, -0.05) is 19.1 Å². The SMILES string of the molecule is C/C=C1\C(=NC(C)C)C(c2cc(OCOC)cc3ccc(F)c(CC)c23)=Cc2nc(Cl)nc(N3CCCN=C(/C(F)=C(\N)C(=O)N(C)C)C3)c21.O. The summed E-state index contributed by atoms with van der Waals surface area (Å²) in [7, 11) is 4.55. The Balaban J connectivity index is 0.00000583. The second-order valence-electron chi connectivity index (χ2n) is 12.4. The molecule has 0 atom stereocenters. The average molecular weight is 724 g/mol. The second-order valence-corrected chi connectivity index (χ2v) is 12.8. The van der Waals surface area contributed by atoms with E-state index in [9.17, 15) is 4.79 Å². The highest BCUT2D eigenvalue weighted by Crippen LogP contribution is 2.44. The minimum atomic E-state index is -0.874. The molecule has 1 amide bonds. The number of rotatable bonds is 9. The van der Waals surface area contributed by atoms with E-state index in [-0.39, 0.29) is 41.7 Å². The van der Waals surface area contributed by atoms with Crippen LogP contribution in [0.2, 0.25) is 5.28 Å². The van der Waals surface area contributed by atoms with Crippen molar-refractivity contribution in [2.75, 3.05) is 52.5 Å². The van der Waals surface area contributed by atoms with E-state index in [1.165, 1.54) is 25.1 Å². The van der Waals surface area contributed by atoms with Crippen LogP contribution in [0.15, 0.2) is 51.9 Å². The molecule has 0 unspecified atom stereocenters. The largest absolute Gasteiger partial charge is 0.468 e. The number of hydrogen-bond donors (Lipinski definition) is 1. The number of anilines is 1. The zero-order valence-electron chi connectivity index (χ0n) is 29.9. The van der Waals surface area contributed by atoms with Gasteiger partial charge in [0.15, 0.2) is 12.6 Å². The van der Waals surface area contributed by atoms with Gasteiger partial charge >= 0.3 is 0 Å². The number of aryl methyl sites for hydroxylation is 1. The number of amides is 1. The predicted octanol–water partition coefficient (Wildman–Crippen LogP) is 5.83. The topological polar surface area (TPSA) is 150 Å². The van der Waals surface area contributed by atoms with Gasteiger partial charge in [-0.05, 0) is 91.4 Å². The van der Waals surface area contributed by atoms with Crippen LogP contribution in [0.3, 0.4) is 0 Å². The summed E-state index contributed by atoms with van der Waals surface area (Å²) in [5.74, 6) is -0.830. The van der Waals surface area contributed by atoms with Gasteiger partial charge in [0.25, 0.3) is 5.91 Å². The first-order valence-corrected chi connectivity index (χ1v) is 16.8. The molecule has 0 radical (unpaired) electrons. The van der Waals surface area contributed by atoms with Gasteiger partial charge in [-0.3, -0.25) is 14.8 Å². The van der Waals surface area contributed by atoms with Gasteiger partial charge < -0.3 is 30.5 Å². The van der Waals surface area contributed by atoms with Crippen LogP contribution in [0.5, 0.6) is 5.75 Å². The number of likely N-dealkylation sites (N-methyl/N-ethyl adjacent to an activating group) is 1. The fourth-order valence-corrected chi connectivity index (χ4v) is 6.41. The maximum absolute atomic E-state index is 15.7. The highest BCUT2D eigenvalue weighted by Gasteiger charge is 2.33. The summed E-state index contributed by atoms with van der Waals surface area (Å²) >= 11 is 6.62. The molecule has 0 saturated carbocycles. The van der Waals surface area contributed by atoms with Gasteiger partial charge in [-0.25, -0.2) is 13.8 Å². The van der Waals surface area contributed by atoms with Crippen molar-refractivity contribution in [2.24, 2.45) is 15.7 Å². The lowest BCUT2D eigenvalue weighted by atomic mass is 9.82. The third-order valence-corrected chi connectivity index (χ3v) is 8.58. The Labute approximate surface area is 301 Å². The molecular formula is C37H44ClF2N7O4. The molecule has 51 heavy (non-hydrogen) atoms. The van der Waals surface area contributed by atoms with E-state index >= 15 is 8.78 Å². The van der Waals surface area contributed by atoms with E-state index in [2.05, 4.69) is 15.0 Å². The zero-order chi connectivity index (χ0) is 36.3. The molecule has 1 aliphatic heterocycles. The monoisotopic (exact) mass is 723 g/mol. The number of aromatic nitrogens is 2. The van der Waals surface area contributed by atoms with Gasteiger partial charge in [0, 0.05) is 51.5 Å². The molecule has 1 aromatic heterocycles. The van der Waals surface area contributed by atoms with Crippen LogP contribution in [0, 0.1) is 5.82 Å². The van der Waals surface area contributed by atoms with Crippen LogP contribution >= 0.6 is 11.6 Å². The van der Waals surface area contributed by atoms with Crippen LogP contribution in [0.25, 0.3) is 28.0 Å². The number of carbonyl (C=O) groups is 1. The third-order valence-electron chi connectivity index (χ3n) is 8.41. The standard InChI is InChI=1S/C37H42ClF2N7O3.H2O/c1-8-23-27(39)12-11-21-15-22(50-19-49-7)16-25(30(21)23)26-17-28-31(24(9-2)34(26)43-20(3)4)35(45-37(38)44-28)47-14-10-13-42-29(18-47)32(40)33(41)36(48)46(5)6;/h9,11-12,15-17,20H,8,10,13-14,18-19,41H2,1-7H3;1H2/b24-9-,33-32+,43-34?;. The van der Waals surface area contributed by atoms with E-state index in [1.807, 2.05) is 56.9 Å². The Morgan fingerprint density at radius 2 is 1.98 bits per heavy atom. The highest BCUT2D eigenvalue weighted by molar-refractivity contribution is 6.50. The zero-order valence-corrected chi connectivity index (χ0v) is 30.7. The molecule has 14 heteroatoms. The fraction of sp³-hybridized carbons (Fsp3) is 0.378. The summed E-state index contributed by atoms with van der Waals surface area (Å²) in [6.45, 7) is 8.58. The molecule has 0 saturated heterocycles. The molecule has 2 aliphatic rings. The minimum Gasteiger partial charge on any atom is -0.468 e. The lowest BCUT2D eigenvalue weighted by Gasteiger charge is -2.30. The van der Waals surface area contributed by atoms with Crippen molar-refractivity contribution >= 4 is 62.7 Å². The van der Waals surface area contributed by atoms with Crippen LogP contribution in [-0.2, 0) is 16.0 Å². The number of benzene rings is 2. The Morgan fingerprint density at radius 1 is 1.24 bits per heavy atom. The first kappa shape index (κ1) is 39.1. The number of hydrogen-bond acceptors (Lipinski definition) is 9. The predicted molar refractivity (Wildman–Crippen MR) is 201 cm³/mol. The normalized spacial score (nSPS) is 16.7. The van der Waals surface area contributed by atoms with Crippen molar-refractivity contribution in [3.05, 3.63) is 75.4 Å². The van der Waals surface area contributed by atoms with Crippen LogP contribution < -0.4 is 15.4 Å². The van der Waals surface area contributed by atoms with Crippen molar-refractivity contribution in [3.8, 4) is 5.75 Å². The summed E-state index contributed by atoms with van der Waals surface area (Å²) in [4.78, 5) is 34.5. The number of ether oxygens (including phenoxy) is 2. The summed E-state index contributed by atoms with van der Waals surface area (Å²) in [6.07, 6.45) is 4.86. The fourth-order valence-electron chi connectivity index (χ4n) is 6.23. The molecular weight excluding hydrogens is 680 g/mol. The van der Waals surface area contributed by atoms with E-state index in [4.69, 9.17) is 31.8 Å². The number of nitrogens with zero attached hydrogens (tertiary/aromatic N) is 6. The molecule has 0 fully saturated rings. The lowest BCUT2D eigenvalue weighted by molar-refractivity contribution is -0.124. The number of aliphatic imine (C=N–C) groups is 2. The Hall–Kier alpha value is -4.72. The van der Waals surface area contributed by atoms with Gasteiger partial charge in [0.1, 0.15) is 23.1 Å². The molecule has 11 nitrogen and oxygen atoms in total. The second kappa shape index (κ2) is 16.5. The van der Waals surface area contributed by atoms with E-state index in [0.717, 1.165) is 16.3 Å². The first-order chi connectivity index (χ1) is 23.9. The van der Waals surface area contributed by atoms with E-state index in [1.54, 1.807) is 13.2 Å². The van der Waals surface area contributed by atoms with Gasteiger partial charge in [-0.15, -0.1) is 0 Å². The van der Waals surface area contributed by atoms with Crippen molar-refractivity contribution in [2.45, 2.75) is 46.6 Å². The van der Waals surface area contributed by atoms with Crippen LogP contribution in [-0.4, -0.2) is 91.3 Å². The van der Waals surface area contributed by atoms with Crippen molar-refractivity contribution in [1.82, 2.24) is 14.9 Å². The maximum Gasteiger partial charge on any atom is 0.272 e. The summed E-state index contributed by atoms with van der Waals surface area (Å²) < 4.78 is 42.2. The number of nitrogens with two attached hydrogens (primary N) is 1. The summed E-state index contributed by atoms with van der Waals surface area (Å²) in [5, 5.41) is 1.52. The number of halogens is 3. The van der Waals surface area contributed by atoms with Crippen molar-refractivity contribution in [3.63, 3.8) is 0 Å². The Kier molecular flexibility index (Phi) is 12.7. The molecule has 0 spiro atoms. The number of allylic oxidation sites excluding steroid dienone is 3. The van der Waals surface area contributed by atoms with Crippen molar-refractivity contribution < 1.29 is 28.5 Å². The van der Waals surface area contributed by atoms with Crippen LogP contribution in [0.4, 0.5) is 14.6 Å². The molecule has 2 heterocycles. The molecule has 272 valence electrons. The first-order valence-electron chi connectivity index (χ1n) is 16.5. The third kappa shape index (κ3) is 7.95. The number of fused-ring (bicyclic) bond motifs is 2. The van der Waals surface area contributed by atoms with E-state index in [0.29, 0.717) is 71.2 Å². The maximum atomic E-state index is 15.7. The molecule has 5 rings (SSSR count). The van der Waals surface area contributed by atoms with Crippen molar-refractivity contribution in [1.29, 1.82) is 0 Å². The van der Waals surface area contributed by atoms with Gasteiger partial charge in [0.2, 0.25) is 5.28 Å². The summed E-state index contributed by atoms with van der Waals surface area (Å²) in [6, 6.07) is 6.82.